The minimum absolute atomic E-state index is 0.612. The van der Waals surface area contributed by atoms with E-state index in [1.165, 1.54) is 0 Å². The van der Waals surface area contributed by atoms with Crippen LogP contribution in [0, 0.1) is 0 Å². The second-order valence-electron chi connectivity index (χ2n) is 4.65. The summed E-state index contributed by atoms with van der Waals surface area (Å²) in [7, 11) is 1.58. The average molecular weight is 289 g/mol. The largest absolute Gasteiger partial charge is 0.497 e. The molecule has 2 aromatic rings. The molecule has 1 aromatic carbocycles. The van der Waals surface area contributed by atoms with E-state index in [-0.39, 0.29) is 0 Å². The van der Waals surface area contributed by atoms with Crippen molar-refractivity contribution < 1.29 is 14.6 Å². The first kappa shape index (κ1) is 15.1. The Labute approximate surface area is 123 Å². The van der Waals surface area contributed by atoms with Crippen LogP contribution in [0.15, 0.2) is 43.0 Å². The second kappa shape index (κ2) is 7.44. The van der Waals surface area contributed by atoms with Crippen LogP contribution in [0.25, 0.3) is 0 Å². The van der Waals surface area contributed by atoms with Gasteiger partial charge in [0.1, 0.15) is 11.8 Å². The predicted molar refractivity (Wildman–Crippen MR) is 78.2 cm³/mol. The Balaban J connectivity index is 1.87. The van der Waals surface area contributed by atoms with Crippen LogP contribution in [0.4, 0.5) is 0 Å². The summed E-state index contributed by atoms with van der Waals surface area (Å²) in [5.74, 6) is -0.175. The number of aliphatic carboxylic acids is 1. The minimum Gasteiger partial charge on any atom is -0.497 e. The van der Waals surface area contributed by atoms with Crippen molar-refractivity contribution in [2.45, 2.75) is 19.0 Å². The third-order valence-corrected chi connectivity index (χ3v) is 3.20. The van der Waals surface area contributed by atoms with Gasteiger partial charge in [0, 0.05) is 18.9 Å². The van der Waals surface area contributed by atoms with Gasteiger partial charge in [0.2, 0.25) is 0 Å². The number of carboxylic acid groups (broad SMARTS) is 1. The number of hydrogen-bond donors (Lipinski definition) is 2. The van der Waals surface area contributed by atoms with E-state index >= 15 is 0 Å². The molecule has 1 atom stereocenters. The highest BCUT2D eigenvalue weighted by Gasteiger charge is 2.18. The van der Waals surface area contributed by atoms with Gasteiger partial charge in [0.05, 0.1) is 13.4 Å². The third-order valence-electron chi connectivity index (χ3n) is 3.20. The van der Waals surface area contributed by atoms with E-state index in [4.69, 9.17) is 4.74 Å². The van der Waals surface area contributed by atoms with Gasteiger partial charge in [-0.05, 0) is 30.7 Å². The molecule has 0 saturated heterocycles. The summed E-state index contributed by atoms with van der Waals surface area (Å²) in [5.41, 5.74) is 0.714. The number of imidazole rings is 1. The number of aromatic nitrogens is 2. The predicted octanol–water partition coefficient (Wildman–Crippen LogP) is 1.70. The molecule has 112 valence electrons. The standard InChI is InChI=1S/C15H19N3O3/c1-21-13-5-3-12(4-6-13)14(15(19)20)17-7-2-9-18-10-8-16-11-18/h3-6,8,10-11,14,17H,2,7,9H2,1H3,(H,19,20). The highest BCUT2D eigenvalue weighted by molar-refractivity contribution is 5.75. The smallest absolute Gasteiger partial charge is 0.325 e. The highest BCUT2D eigenvalue weighted by atomic mass is 16.5. The second-order valence-corrected chi connectivity index (χ2v) is 4.65. The Bertz CT molecular complexity index is 552. The van der Waals surface area contributed by atoms with Gasteiger partial charge in [-0.1, -0.05) is 12.1 Å². The van der Waals surface area contributed by atoms with Crippen molar-refractivity contribution in [3.8, 4) is 5.75 Å². The Kier molecular flexibility index (Phi) is 5.34. The first-order chi connectivity index (χ1) is 10.2. The molecule has 0 radical (unpaired) electrons. The molecular formula is C15H19N3O3. The van der Waals surface area contributed by atoms with Crippen LogP contribution in [0.2, 0.25) is 0 Å². The lowest BCUT2D eigenvalue weighted by molar-refractivity contribution is -0.139. The highest BCUT2D eigenvalue weighted by Crippen LogP contribution is 2.18. The summed E-state index contributed by atoms with van der Waals surface area (Å²) >= 11 is 0. The molecule has 1 unspecified atom stereocenters. The number of nitrogens with one attached hydrogen (secondary N) is 1. The average Bonchev–Trinajstić information content (AvgIpc) is 3.00. The quantitative estimate of drug-likeness (QED) is 0.723. The lowest BCUT2D eigenvalue weighted by Crippen LogP contribution is -2.29. The van der Waals surface area contributed by atoms with Crippen molar-refractivity contribution in [3.05, 3.63) is 48.5 Å². The number of ether oxygens (including phenoxy) is 1. The molecular weight excluding hydrogens is 270 g/mol. The first-order valence-corrected chi connectivity index (χ1v) is 6.76. The molecule has 0 fully saturated rings. The van der Waals surface area contributed by atoms with Crippen LogP contribution in [-0.2, 0) is 11.3 Å². The van der Waals surface area contributed by atoms with E-state index in [1.54, 1.807) is 43.9 Å². The number of benzene rings is 1. The summed E-state index contributed by atoms with van der Waals surface area (Å²) in [5, 5.41) is 12.4. The maximum absolute atomic E-state index is 11.4. The van der Waals surface area contributed by atoms with Crippen LogP contribution in [0.1, 0.15) is 18.0 Å². The van der Waals surface area contributed by atoms with E-state index in [1.807, 2.05) is 10.8 Å². The summed E-state index contributed by atoms with van der Waals surface area (Å²) in [6.07, 6.45) is 6.19. The number of hydrogen-bond acceptors (Lipinski definition) is 4. The summed E-state index contributed by atoms with van der Waals surface area (Å²) < 4.78 is 7.04. The van der Waals surface area contributed by atoms with E-state index in [2.05, 4.69) is 10.3 Å². The molecule has 1 heterocycles. The van der Waals surface area contributed by atoms with Crippen molar-refractivity contribution in [2.75, 3.05) is 13.7 Å². The molecule has 21 heavy (non-hydrogen) atoms. The van der Waals surface area contributed by atoms with Crippen LogP contribution in [-0.4, -0.2) is 34.3 Å². The third kappa shape index (κ3) is 4.32. The van der Waals surface area contributed by atoms with E-state index in [9.17, 15) is 9.90 Å². The Morgan fingerprint density at radius 1 is 1.43 bits per heavy atom. The van der Waals surface area contributed by atoms with Gasteiger partial charge in [0.25, 0.3) is 0 Å². The van der Waals surface area contributed by atoms with Gasteiger partial charge in [-0.25, -0.2) is 4.98 Å². The number of methoxy groups -OCH3 is 1. The molecule has 0 aliphatic rings. The zero-order valence-corrected chi connectivity index (χ0v) is 11.9. The van der Waals surface area contributed by atoms with Gasteiger partial charge in [-0.3, -0.25) is 4.79 Å². The molecule has 0 amide bonds. The van der Waals surface area contributed by atoms with E-state index in [0.717, 1.165) is 13.0 Å². The lowest BCUT2D eigenvalue weighted by atomic mass is 10.1. The topological polar surface area (TPSA) is 76.4 Å². The normalized spacial score (nSPS) is 12.0. The minimum atomic E-state index is -0.886. The number of aryl methyl sites for hydroxylation is 1. The first-order valence-electron chi connectivity index (χ1n) is 6.76. The van der Waals surface area contributed by atoms with E-state index in [0.29, 0.717) is 17.9 Å². The van der Waals surface area contributed by atoms with Crippen molar-refractivity contribution in [2.24, 2.45) is 0 Å². The molecule has 2 N–H and O–H groups in total. The fourth-order valence-corrected chi connectivity index (χ4v) is 2.07. The van der Waals surface area contributed by atoms with Crippen molar-refractivity contribution in [3.63, 3.8) is 0 Å². The molecule has 6 nitrogen and oxygen atoms in total. The summed E-state index contributed by atoms with van der Waals surface area (Å²) in [6, 6.07) is 6.34. The molecule has 2 rings (SSSR count). The maximum Gasteiger partial charge on any atom is 0.325 e. The Morgan fingerprint density at radius 2 is 2.19 bits per heavy atom. The van der Waals surface area contributed by atoms with Crippen LogP contribution in [0.5, 0.6) is 5.75 Å². The summed E-state index contributed by atoms with van der Waals surface area (Å²) in [6.45, 7) is 1.42. The zero-order valence-electron chi connectivity index (χ0n) is 11.9. The van der Waals surface area contributed by atoms with Gasteiger partial charge in [0.15, 0.2) is 0 Å². The van der Waals surface area contributed by atoms with Gasteiger partial charge >= 0.3 is 5.97 Å². The molecule has 0 aliphatic carbocycles. The van der Waals surface area contributed by atoms with Gasteiger partial charge in [-0.2, -0.15) is 0 Å². The fraction of sp³-hybridized carbons (Fsp3) is 0.333. The van der Waals surface area contributed by atoms with Gasteiger partial charge in [-0.15, -0.1) is 0 Å². The Morgan fingerprint density at radius 3 is 2.76 bits per heavy atom. The zero-order chi connectivity index (χ0) is 15.1. The fourth-order valence-electron chi connectivity index (χ4n) is 2.07. The number of nitrogens with zero attached hydrogens (tertiary/aromatic N) is 2. The molecule has 0 saturated carbocycles. The van der Waals surface area contributed by atoms with Crippen molar-refractivity contribution in [1.82, 2.24) is 14.9 Å². The lowest BCUT2D eigenvalue weighted by Gasteiger charge is -2.15. The van der Waals surface area contributed by atoms with Crippen LogP contribution < -0.4 is 10.1 Å². The number of carbonyl (C=O) groups is 1. The monoisotopic (exact) mass is 289 g/mol. The van der Waals surface area contributed by atoms with Crippen molar-refractivity contribution >= 4 is 5.97 Å². The maximum atomic E-state index is 11.4. The van der Waals surface area contributed by atoms with Crippen molar-refractivity contribution in [1.29, 1.82) is 0 Å². The Hall–Kier alpha value is -2.34. The summed E-state index contributed by atoms with van der Waals surface area (Å²) in [4.78, 5) is 15.3. The molecule has 0 spiro atoms. The molecule has 6 heteroatoms. The van der Waals surface area contributed by atoms with E-state index < -0.39 is 12.0 Å². The van der Waals surface area contributed by atoms with Crippen LogP contribution in [0.3, 0.4) is 0 Å². The molecule has 0 bridgehead atoms. The molecule has 1 aromatic heterocycles. The molecule has 0 aliphatic heterocycles. The number of rotatable bonds is 8. The number of carboxylic acids is 1. The van der Waals surface area contributed by atoms with Gasteiger partial charge < -0.3 is 19.7 Å². The van der Waals surface area contributed by atoms with Crippen LogP contribution >= 0.6 is 0 Å². The SMILES string of the molecule is COc1ccc(C(NCCCn2ccnc2)C(=O)O)cc1.